The Balaban J connectivity index is 1.15. The molecular weight excluding hydrogens is 468 g/mol. The molecule has 2 aliphatic heterocycles. The highest BCUT2D eigenvalue weighted by molar-refractivity contribution is 5.98. The molecule has 3 aromatic carbocycles. The third-order valence-corrected chi connectivity index (χ3v) is 8.47. The molecule has 200 valence electrons. The summed E-state index contributed by atoms with van der Waals surface area (Å²) in [5.74, 6) is 1.34. The van der Waals surface area contributed by atoms with Gasteiger partial charge in [-0.25, -0.2) is 0 Å². The molecule has 3 aromatic rings. The van der Waals surface area contributed by atoms with E-state index < -0.39 is 0 Å². The zero-order valence-electron chi connectivity index (χ0n) is 22.8. The summed E-state index contributed by atoms with van der Waals surface area (Å²) in [4.78, 5) is 18.1. The van der Waals surface area contributed by atoms with Gasteiger partial charge in [0.15, 0.2) is 5.78 Å². The first-order valence-corrected chi connectivity index (χ1v) is 14.5. The number of Topliss-reactive ketones (excluding diaryl/α,β-unsaturated/α-hetero) is 1. The van der Waals surface area contributed by atoms with E-state index in [-0.39, 0.29) is 11.9 Å². The number of nitrogens with zero attached hydrogens (tertiary/aromatic N) is 2. The lowest BCUT2D eigenvalue weighted by molar-refractivity contribution is 0.0915. The van der Waals surface area contributed by atoms with Crippen LogP contribution in [-0.2, 0) is 0 Å². The predicted molar refractivity (Wildman–Crippen MR) is 155 cm³/mol. The molecule has 1 unspecified atom stereocenters. The van der Waals surface area contributed by atoms with Gasteiger partial charge in [0.2, 0.25) is 0 Å². The van der Waals surface area contributed by atoms with Gasteiger partial charge in [-0.15, -0.1) is 0 Å². The average Bonchev–Trinajstić information content (AvgIpc) is 3.38. The van der Waals surface area contributed by atoms with E-state index in [4.69, 9.17) is 4.74 Å². The Morgan fingerprint density at radius 1 is 0.842 bits per heavy atom. The van der Waals surface area contributed by atoms with E-state index in [0.29, 0.717) is 18.4 Å². The van der Waals surface area contributed by atoms with Crippen molar-refractivity contribution in [1.29, 1.82) is 0 Å². The van der Waals surface area contributed by atoms with Crippen LogP contribution < -0.4 is 4.74 Å². The first-order valence-electron chi connectivity index (χ1n) is 14.5. The first kappa shape index (κ1) is 26.6. The van der Waals surface area contributed by atoms with Gasteiger partial charge in [-0.3, -0.25) is 4.79 Å². The number of carbonyl (C=O) groups is 1. The lowest BCUT2D eigenvalue weighted by Crippen LogP contribution is -2.40. The average molecular weight is 511 g/mol. The number of para-hydroxylation sites is 1. The van der Waals surface area contributed by atoms with E-state index in [9.17, 15) is 4.79 Å². The minimum absolute atomic E-state index is 0.152. The van der Waals surface area contributed by atoms with Crippen LogP contribution in [0.1, 0.15) is 72.3 Å². The summed E-state index contributed by atoms with van der Waals surface area (Å²) < 4.78 is 6.47. The Kier molecular flexibility index (Phi) is 9.27. The van der Waals surface area contributed by atoms with Crippen molar-refractivity contribution in [2.75, 3.05) is 33.2 Å². The van der Waals surface area contributed by atoms with Gasteiger partial charge >= 0.3 is 0 Å². The highest BCUT2D eigenvalue weighted by atomic mass is 16.5. The molecule has 0 saturated carbocycles. The Bertz CT molecular complexity index is 1100. The standard InChI is InChI=1S/C34H42N2O2/c1-35-23-11-17-29(35)16-10-19-33(37)31-18-8-9-20-34(31)38-30-21-24-36(25-22-30)26-32(27-12-4-2-5-13-27)28-14-6-3-7-15-28/h2-9,12-15,18,20,29-30,32H,10-11,16-17,19,21-26H2,1H3. The highest BCUT2D eigenvalue weighted by Crippen LogP contribution is 2.29. The molecule has 5 rings (SSSR count). The number of hydrogen-bond acceptors (Lipinski definition) is 4. The molecule has 0 aliphatic carbocycles. The molecule has 2 saturated heterocycles. The number of ether oxygens (including phenoxy) is 1. The lowest BCUT2D eigenvalue weighted by Gasteiger charge is -2.35. The number of hydrogen-bond donors (Lipinski definition) is 0. The van der Waals surface area contributed by atoms with Crippen molar-refractivity contribution in [3.63, 3.8) is 0 Å². The Labute approximate surface area is 228 Å². The van der Waals surface area contributed by atoms with Gasteiger partial charge in [0.1, 0.15) is 11.9 Å². The molecule has 0 radical (unpaired) electrons. The maximum Gasteiger partial charge on any atom is 0.166 e. The zero-order valence-corrected chi connectivity index (χ0v) is 22.8. The van der Waals surface area contributed by atoms with Crippen LogP contribution in [0.3, 0.4) is 0 Å². The summed E-state index contributed by atoms with van der Waals surface area (Å²) in [6, 6.07) is 30.2. The van der Waals surface area contributed by atoms with Crippen LogP contribution in [0.2, 0.25) is 0 Å². The van der Waals surface area contributed by atoms with Crippen LogP contribution in [0, 0.1) is 0 Å². The fraction of sp³-hybridized carbons (Fsp3) is 0.441. The van der Waals surface area contributed by atoms with Crippen molar-refractivity contribution < 1.29 is 9.53 Å². The normalized spacial score (nSPS) is 19.2. The fourth-order valence-corrected chi connectivity index (χ4v) is 6.20. The second kappa shape index (κ2) is 13.2. The van der Waals surface area contributed by atoms with Gasteiger partial charge < -0.3 is 14.5 Å². The maximum atomic E-state index is 13.1. The molecule has 38 heavy (non-hydrogen) atoms. The van der Waals surface area contributed by atoms with Crippen LogP contribution in [0.4, 0.5) is 0 Å². The highest BCUT2D eigenvalue weighted by Gasteiger charge is 2.26. The van der Waals surface area contributed by atoms with Crippen molar-refractivity contribution in [3.8, 4) is 5.75 Å². The van der Waals surface area contributed by atoms with Crippen molar-refractivity contribution >= 4 is 5.78 Å². The predicted octanol–water partition coefficient (Wildman–Crippen LogP) is 6.81. The molecule has 2 aliphatic rings. The van der Waals surface area contributed by atoms with Gasteiger partial charge in [-0.1, -0.05) is 72.8 Å². The van der Waals surface area contributed by atoms with E-state index >= 15 is 0 Å². The van der Waals surface area contributed by atoms with Crippen molar-refractivity contribution in [2.24, 2.45) is 0 Å². The molecule has 4 heteroatoms. The topological polar surface area (TPSA) is 32.8 Å². The Hall–Kier alpha value is -2.95. The van der Waals surface area contributed by atoms with Crippen LogP contribution >= 0.6 is 0 Å². The minimum Gasteiger partial charge on any atom is -0.490 e. The van der Waals surface area contributed by atoms with Gasteiger partial charge in [0.25, 0.3) is 0 Å². The summed E-state index contributed by atoms with van der Waals surface area (Å²) >= 11 is 0. The van der Waals surface area contributed by atoms with E-state index in [1.165, 1.54) is 30.5 Å². The Morgan fingerprint density at radius 3 is 2.11 bits per heavy atom. The smallest absolute Gasteiger partial charge is 0.166 e. The molecule has 2 heterocycles. The van der Waals surface area contributed by atoms with E-state index in [0.717, 1.165) is 56.6 Å². The third-order valence-electron chi connectivity index (χ3n) is 8.47. The van der Waals surface area contributed by atoms with Crippen LogP contribution in [0.15, 0.2) is 84.9 Å². The summed E-state index contributed by atoms with van der Waals surface area (Å²) in [6.07, 6.45) is 7.31. The maximum absolute atomic E-state index is 13.1. The summed E-state index contributed by atoms with van der Waals surface area (Å²) in [6.45, 7) is 4.21. The van der Waals surface area contributed by atoms with Crippen molar-refractivity contribution in [3.05, 3.63) is 102 Å². The van der Waals surface area contributed by atoms with Gasteiger partial charge in [-0.05, 0) is 75.4 Å². The number of piperidine rings is 1. The van der Waals surface area contributed by atoms with Crippen LogP contribution in [0.25, 0.3) is 0 Å². The van der Waals surface area contributed by atoms with Crippen molar-refractivity contribution in [2.45, 2.75) is 63.0 Å². The molecule has 4 nitrogen and oxygen atoms in total. The van der Waals surface area contributed by atoms with Gasteiger partial charge in [-0.2, -0.15) is 0 Å². The monoisotopic (exact) mass is 510 g/mol. The zero-order chi connectivity index (χ0) is 26.2. The van der Waals surface area contributed by atoms with Crippen LogP contribution in [0.5, 0.6) is 5.75 Å². The molecule has 0 amide bonds. The van der Waals surface area contributed by atoms with Gasteiger partial charge in [0, 0.05) is 38.0 Å². The largest absolute Gasteiger partial charge is 0.490 e. The third kappa shape index (κ3) is 6.92. The molecular formula is C34H42N2O2. The SMILES string of the molecule is CN1CCCC1CCCC(=O)c1ccccc1OC1CCN(CC(c2ccccc2)c2ccccc2)CC1. The van der Waals surface area contributed by atoms with Crippen molar-refractivity contribution in [1.82, 2.24) is 9.80 Å². The summed E-state index contributed by atoms with van der Waals surface area (Å²) in [5.41, 5.74) is 3.48. The minimum atomic E-state index is 0.152. The number of ketones is 1. The van der Waals surface area contributed by atoms with E-state index in [1.807, 2.05) is 24.3 Å². The molecule has 0 spiro atoms. The van der Waals surface area contributed by atoms with Gasteiger partial charge in [0.05, 0.1) is 5.56 Å². The fourth-order valence-electron chi connectivity index (χ4n) is 6.20. The lowest BCUT2D eigenvalue weighted by atomic mass is 9.90. The molecule has 1 atom stereocenters. The number of rotatable bonds is 11. The summed E-state index contributed by atoms with van der Waals surface area (Å²) in [5, 5.41) is 0. The van der Waals surface area contributed by atoms with E-state index in [2.05, 4.69) is 77.5 Å². The molecule has 0 bridgehead atoms. The van der Waals surface area contributed by atoms with E-state index in [1.54, 1.807) is 0 Å². The quantitative estimate of drug-likeness (QED) is 0.265. The molecule has 0 aromatic heterocycles. The second-order valence-corrected chi connectivity index (χ2v) is 11.1. The summed E-state index contributed by atoms with van der Waals surface area (Å²) in [7, 11) is 2.21. The first-order chi connectivity index (χ1) is 18.7. The number of carbonyl (C=O) groups excluding carboxylic acids is 1. The van der Waals surface area contributed by atoms with Crippen LogP contribution in [-0.4, -0.2) is 61.0 Å². The molecule has 0 N–H and O–H groups in total. The Morgan fingerprint density at radius 2 is 1.47 bits per heavy atom. The molecule has 2 fully saturated rings. The number of likely N-dealkylation sites (tertiary alicyclic amines) is 2. The number of benzene rings is 3. The second-order valence-electron chi connectivity index (χ2n) is 11.1.